The van der Waals surface area contributed by atoms with Gasteiger partial charge < -0.3 is 5.32 Å². The molecule has 0 amide bonds. The van der Waals surface area contributed by atoms with Gasteiger partial charge >= 0.3 is 0 Å². The van der Waals surface area contributed by atoms with Crippen LogP contribution >= 0.6 is 35.0 Å². The van der Waals surface area contributed by atoms with Crippen LogP contribution in [-0.4, -0.2) is 28.8 Å². The molecule has 0 atom stereocenters. The van der Waals surface area contributed by atoms with Gasteiger partial charge in [-0.1, -0.05) is 11.8 Å². The molecule has 0 aromatic rings. The molecule has 5 heteroatoms. The molecule has 0 spiro atoms. The van der Waals surface area contributed by atoms with Crippen LogP contribution < -0.4 is 5.32 Å². The minimum Gasteiger partial charge on any atom is -0.363 e. The number of rotatable bonds is 0. The average molecular weight is 227 g/mol. The molecule has 12 heavy (non-hydrogen) atoms. The predicted molar refractivity (Wildman–Crippen MR) is 57.5 cm³/mol. The van der Waals surface area contributed by atoms with Gasteiger partial charge in [0.25, 0.3) is 0 Å². The molecular formula is C7H12Cl2N2S. The molecule has 1 heterocycles. The minimum absolute atomic E-state index is 0.306. The molecule has 0 aromatic carbocycles. The van der Waals surface area contributed by atoms with Gasteiger partial charge in [0.2, 0.25) is 0 Å². The zero-order chi connectivity index (χ0) is 9.03. The molecule has 2 aliphatic rings. The van der Waals surface area contributed by atoms with Crippen LogP contribution in [-0.2, 0) is 0 Å². The van der Waals surface area contributed by atoms with Crippen LogP contribution in [0.25, 0.3) is 0 Å². The standard InChI is InChI=1S/C4H8N2S.C3H4Cl2/c1-7-4-5-2-3-6-4;4-3(5)1-2-3/h2-3H2,1H3,(H,5,6);1-2H2. The highest BCUT2D eigenvalue weighted by molar-refractivity contribution is 8.13. The number of aliphatic imine (C=N–C) groups is 1. The van der Waals surface area contributed by atoms with Gasteiger partial charge in [0.1, 0.15) is 4.33 Å². The Labute approximate surface area is 87.1 Å². The van der Waals surface area contributed by atoms with Crippen molar-refractivity contribution < 1.29 is 0 Å². The fourth-order valence-corrected chi connectivity index (χ4v) is 1.26. The Morgan fingerprint density at radius 3 is 2.25 bits per heavy atom. The normalized spacial score (nSPS) is 23.4. The molecule has 1 N–H and O–H groups in total. The lowest BCUT2D eigenvalue weighted by Gasteiger charge is -1.91. The number of hydrogen-bond acceptors (Lipinski definition) is 3. The van der Waals surface area contributed by atoms with Gasteiger partial charge in [-0.05, 0) is 19.1 Å². The van der Waals surface area contributed by atoms with E-state index in [1.165, 1.54) is 0 Å². The molecule has 70 valence electrons. The lowest BCUT2D eigenvalue weighted by atomic mass is 10.7. The Bertz CT molecular complexity index is 176. The average Bonchev–Trinajstić information content (AvgIpc) is 2.60. The monoisotopic (exact) mass is 226 g/mol. The molecule has 1 aliphatic heterocycles. The van der Waals surface area contributed by atoms with E-state index in [9.17, 15) is 0 Å². The first kappa shape index (κ1) is 10.5. The lowest BCUT2D eigenvalue weighted by molar-refractivity contribution is 0.963. The van der Waals surface area contributed by atoms with Crippen LogP contribution in [0.4, 0.5) is 0 Å². The van der Waals surface area contributed by atoms with E-state index in [2.05, 4.69) is 10.3 Å². The molecule has 2 rings (SSSR count). The number of nitrogens with one attached hydrogen (secondary N) is 1. The molecule has 0 saturated heterocycles. The molecule has 0 unspecified atom stereocenters. The third-order valence-electron chi connectivity index (χ3n) is 1.46. The fourth-order valence-electron chi connectivity index (χ4n) is 0.607. The van der Waals surface area contributed by atoms with E-state index in [-0.39, 0.29) is 4.33 Å². The minimum atomic E-state index is -0.306. The van der Waals surface area contributed by atoms with Gasteiger partial charge in [-0.3, -0.25) is 4.99 Å². The molecule has 0 bridgehead atoms. The van der Waals surface area contributed by atoms with Crippen molar-refractivity contribution in [1.29, 1.82) is 0 Å². The highest BCUT2D eigenvalue weighted by atomic mass is 35.5. The Kier molecular flexibility index (Phi) is 4.00. The maximum Gasteiger partial charge on any atom is 0.156 e. The van der Waals surface area contributed by atoms with Gasteiger partial charge in [0.15, 0.2) is 5.17 Å². The number of hydrogen-bond donors (Lipinski definition) is 1. The topological polar surface area (TPSA) is 24.4 Å². The molecule has 0 aromatic heterocycles. The third-order valence-corrected chi connectivity index (χ3v) is 2.88. The van der Waals surface area contributed by atoms with Gasteiger partial charge in [0.05, 0.1) is 6.54 Å². The smallest absolute Gasteiger partial charge is 0.156 e. The van der Waals surface area contributed by atoms with Crippen molar-refractivity contribution in [2.75, 3.05) is 19.3 Å². The zero-order valence-corrected chi connectivity index (χ0v) is 9.27. The quantitative estimate of drug-likeness (QED) is 0.642. The summed E-state index contributed by atoms with van der Waals surface area (Å²) in [6, 6.07) is 0. The molecule has 0 radical (unpaired) electrons. The van der Waals surface area contributed by atoms with Crippen molar-refractivity contribution in [3.05, 3.63) is 0 Å². The van der Waals surface area contributed by atoms with E-state index < -0.39 is 0 Å². The van der Waals surface area contributed by atoms with Crippen LogP contribution in [0.15, 0.2) is 4.99 Å². The van der Waals surface area contributed by atoms with E-state index in [1.54, 1.807) is 11.8 Å². The maximum atomic E-state index is 5.41. The van der Waals surface area contributed by atoms with Crippen molar-refractivity contribution in [3.8, 4) is 0 Å². The summed E-state index contributed by atoms with van der Waals surface area (Å²) in [7, 11) is 0. The Balaban J connectivity index is 0.000000127. The Hall–Kier alpha value is 0.400. The second-order valence-electron chi connectivity index (χ2n) is 2.67. The fraction of sp³-hybridized carbons (Fsp3) is 0.857. The first-order chi connectivity index (χ1) is 5.64. The van der Waals surface area contributed by atoms with Crippen molar-refractivity contribution in [2.45, 2.75) is 17.2 Å². The zero-order valence-electron chi connectivity index (χ0n) is 6.94. The highest BCUT2D eigenvalue weighted by Gasteiger charge is 2.37. The van der Waals surface area contributed by atoms with Crippen LogP contribution in [0, 0.1) is 0 Å². The molecule has 1 fully saturated rings. The first-order valence-electron chi connectivity index (χ1n) is 3.84. The molecule has 2 nitrogen and oxygen atoms in total. The van der Waals surface area contributed by atoms with Crippen LogP contribution in [0.3, 0.4) is 0 Å². The summed E-state index contributed by atoms with van der Waals surface area (Å²) in [6.07, 6.45) is 3.99. The van der Waals surface area contributed by atoms with Crippen molar-refractivity contribution in [1.82, 2.24) is 5.32 Å². The van der Waals surface area contributed by atoms with Gasteiger partial charge in [0, 0.05) is 6.54 Å². The summed E-state index contributed by atoms with van der Waals surface area (Å²) in [5.74, 6) is 0. The summed E-state index contributed by atoms with van der Waals surface area (Å²) in [5.41, 5.74) is 0. The van der Waals surface area contributed by atoms with E-state index in [1.807, 2.05) is 6.26 Å². The van der Waals surface area contributed by atoms with Gasteiger partial charge in [-0.25, -0.2) is 0 Å². The second-order valence-corrected chi connectivity index (χ2v) is 5.11. The highest BCUT2D eigenvalue weighted by Crippen LogP contribution is 2.46. The summed E-state index contributed by atoms with van der Waals surface area (Å²) >= 11 is 12.5. The number of alkyl halides is 2. The van der Waals surface area contributed by atoms with Gasteiger partial charge in [-0.15, -0.1) is 23.2 Å². The number of halogens is 2. The van der Waals surface area contributed by atoms with E-state index in [0.29, 0.717) is 0 Å². The van der Waals surface area contributed by atoms with Crippen molar-refractivity contribution >= 4 is 40.1 Å². The van der Waals surface area contributed by atoms with Crippen LogP contribution in [0.5, 0.6) is 0 Å². The Morgan fingerprint density at radius 2 is 2.08 bits per heavy atom. The molecule has 1 saturated carbocycles. The lowest BCUT2D eigenvalue weighted by Crippen LogP contribution is -2.14. The number of nitrogens with zero attached hydrogens (tertiary/aromatic N) is 1. The summed E-state index contributed by atoms with van der Waals surface area (Å²) in [6.45, 7) is 1.98. The molecule has 1 aliphatic carbocycles. The van der Waals surface area contributed by atoms with Crippen molar-refractivity contribution in [3.63, 3.8) is 0 Å². The van der Waals surface area contributed by atoms with Crippen LogP contribution in [0.2, 0.25) is 0 Å². The summed E-state index contributed by atoms with van der Waals surface area (Å²) in [5, 5.41) is 4.20. The van der Waals surface area contributed by atoms with E-state index >= 15 is 0 Å². The second kappa shape index (κ2) is 4.58. The van der Waals surface area contributed by atoms with Crippen molar-refractivity contribution in [2.24, 2.45) is 4.99 Å². The van der Waals surface area contributed by atoms with Crippen LogP contribution in [0.1, 0.15) is 12.8 Å². The van der Waals surface area contributed by atoms with E-state index in [4.69, 9.17) is 23.2 Å². The van der Waals surface area contributed by atoms with Gasteiger partial charge in [-0.2, -0.15) is 0 Å². The summed E-state index contributed by atoms with van der Waals surface area (Å²) in [4.78, 5) is 4.12. The largest absolute Gasteiger partial charge is 0.363 e. The van der Waals surface area contributed by atoms with E-state index in [0.717, 1.165) is 31.1 Å². The number of amidine groups is 1. The SMILES string of the molecule is CSC1=NCCN1.ClC1(Cl)CC1. The third kappa shape index (κ3) is 4.43. The first-order valence-corrected chi connectivity index (χ1v) is 5.82. The molecular weight excluding hydrogens is 215 g/mol. The summed E-state index contributed by atoms with van der Waals surface area (Å²) < 4.78 is -0.306. The number of thioether (sulfide) groups is 1. The predicted octanol–water partition coefficient (Wildman–Crippen LogP) is 2.26. The Morgan fingerprint density at radius 1 is 1.50 bits per heavy atom. The maximum absolute atomic E-state index is 5.41.